The van der Waals surface area contributed by atoms with Crippen molar-refractivity contribution in [2.75, 3.05) is 31.1 Å². The van der Waals surface area contributed by atoms with E-state index in [2.05, 4.69) is 32.0 Å². The number of nitrogens with zero attached hydrogens (tertiary/aromatic N) is 7. The molecule has 0 bridgehead atoms. The predicted octanol–water partition coefficient (Wildman–Crippen LogP) is 2.51. The van der Waals surface area contributed by atoms with Crippen LogP contribution < -0.4 is 9.64 Å². The summed E-state index contributed by atoms with van der Waals surface area (Å²) in [7, 11) is 0. The highest BCUT2D eigenvalue weighted by Crippen LogP contribution is 2.25. The van der Waals surface area contributed by atoms with Crippen molar-refractivity contribution >= 4 is 17.9 Å². The minimum atomic E-state index is -0.0184. The van der Waals surface area contributed by atoms with Crippen LogP contribution in [0.2, 0.25) is 0 Å². The second kappa shape index (κ2) is 8.41. The molecule has 4 heterocycles. The standard InChI is InChI=1S/C23H25N7O2/c1-16-5-6-20(30-25-8-9-26-30)19(14-16)22(31)29-12-11-28(10-7-17(29)2)23-24-15-18-4-3-13-32-21(18)27-23/h3-6,8-9,14-15,17H,7,10-13H2,1-2H3/t17-/m1/s1. The predicted molar refractivity (Wildman–Crippen MR) is 120 cm³/mol. The highest BCUT2D eigenvalue weighted by atomic mass is 16.5. The Hall–Kier alpha value is -3.75. The second-order valence-corrected chi connectivity index (χ2v) is 8.11. The van der Waals surface area contributed by atoms with Crippen LogP contribution in [0.4, 0.5) is 5.95 Å². The van der Waals surface area contributed by atoms with E-state index in [0.29, 0.717) is 42.8 Å². The Bertz CT molecular complexity index is 1160. The van der Waals surface area contributed by atoms with Crippen molar-refractivity contribution in [3.05, 3.63) is 59.6 Å². The first kappa shape index (κ1) is 20.2. The van der Waals surface area contributed by atoms with Crippen LogP contribution in [0.5, 0.6) is 5.88 Å². The van der Waals surface area contributed by atoms with E-state index < -0.39 is 0 Å². The van der Waals surface area contributed by atoms with Crippen LogP contribution in [0.1, 0.15) is 34.8 Å². The van der Waals surface area contributed by atoms with Crippen molar-refractivity contribution in [1.29, 1.82) is 0 Å². The van der Waals surface area contributed by atoms with Gasteiger partial charge in [-0.05, 0) is 44.6 Å². The quantitative estimate of drug-likeness (QED) is 0.629. The van der Waals surface area contributed by atoms with Gasteiger partial charge in [0.1, 0.15) is 6.61 Å². The number of anilines is 1. The fourth-order valence-electron chi connectivity index (χ4n) is 4.10. The lowest BCUT2D eigenvalue weighted by Crippen LogP contribution is -2.40. The summed E-state index contributed by atoms with van der Waals surface area (Å²) >= 11 is 0. The molecule has 0 spiro atoms. The van der Waals surface area contributed by atoms with Crippen LogP contribution in [0.15, 0.2) is 42.9 Å². The molecule has 1 aromatic carbocycles. The van der Waals surface area contributed by atoms with Gasteiger partial charge in [-0.1, -0.05) is 11.6 Å². The monoisotopic (exact) mass is 431 g/mol. The number of carbonyl (C=O) groups excluding carboxylic acids is 1. The van der Waals surface area contributed by atoms with Gasteiger partial charge in [0.15, 0.2) is 0 Å². The van der Waals surface area contributed by atoms with E-state index in [0.717, 1.165) is 24.1 Å². The molecule has 1 saturated heterocycles. The molecule has 9 heteroatoms. The molecule has 164 valence electrons. The van der Waals surface area contributed by atoms with Crippen LogP contribution in [0, 0.1) is 6.92 Å². The molecule has 1 amide bonds. The molecule has 9 nitrogen and oxygen atoms in total. The van der Waals surface area contributed by atoms with Gasteiger partial charge < -0.3 is 14.5 Å². The smallest absolute Gasteiger partial charge is 0.256 e. The number of fused-ring (bicyclic) bond motifs is 1. The Balaban J connectivity index is 1.39. The average molecular weight is 432 g/mol. The summed E-state index contributed by atoms with van der Waals surface area (Å²) in [4.78, 5) is 28.3. The van der Waals surface area contributed by atoms with E-state index in [9.17, 15) is 4.79 Å². The lowest BCUT2D eigenvalue weighted by Gasteiger charge is -2.27. The largest absolute Gasteiger partial charge is 0.473 e. The summed E-state index contributed by atoms with van der Waals surface area (Å²) in [6, 6.07) is 5.84. The van der Waals surface area contributed by atoms with Crippen LogP contribution in [-0.4, -0.2) is 68.1 Å². The first-order valence-electron chi connectivity index (χ1n) is 10.8. The van der Waals surface area contributed by atoms with Gasteiger partial charge in [0.05, 0.1) is 29.2 Å². The molecule has 32 heavy (non-hydrogen) atoms. The summed E-state index contributed by atoms with van der Waals surface area (Å²) in [6.07, 6.45) is 9.74. The van der Waals surface area contributed by atoms with E-state index in [-0.39, 0.29) is 11.9 Å². The third kappa shape index (κ3) is 3.81. The normalized spacial score (nSPS) is 18.1. The molecule has 0 radical (unpaired) electrons. The molecule has 0 saturated carbocycles. The molecule has 5 rings (SSSR count). The third-order valence-corrected chi connectivity index (χ3v) is 5.90. The number of aryl methyl sites for hydroxylation is 1. The van der Waals surface area contributed by atoms with Crippen molar-refractivity contribution in [3.63, 3.8) is 0 Å². The number of amides is 1. The van der Waals surface area contributed by atoms with Crippen molar-refractivity contribution in [1.82, 2.24) is 29.9 Å². The molecule has 2 aromatic heterocycles. The maximum Gasteiger partial charge on any atom is 0.256 e. The van der Waals surface area contributed by atoms with Crippen molar-refractivity contribution in [2.45, 2.75) is 26.3 Å². The topological polar surface area (TPSA) is 89.3 Å². The fraction of sp³-hybridized carbons (Fsp3) is 0.348. The van der Waals surface area contributed by atoms with Crippen molar-refractivity contribution < 1.29 is 9.53 Å². The van der Waals surface area contributed by atoms with Gasteiger partial charge in [-0.3, -0.25) is 4.79 Å². The highest BCUT2D eigenvalue weighted by Gasteiger charge is 2.29. The number of rotatable bonds is 3. The van der Waals surface area contributed by atoms with Crippen LogP contribution in [0.25, 0.3) is 11.8 Å². The van der Waals surface area contributed by atoms with E-state index in [1.54, 1.807) is 18.6 Å². The molecule has 2 aliphatic rings. The molecule has 2 aliphatic heterocycles. The van der Waals surface area contributed by atoms with Crippen molar-refractivity contribution in [3.8, 4) is 11.6 Å². The second-order valence-electron chi connectivity index (χ2n) is 8.11. The third-order valence-electron chi connectivity index (χ3n) is 5.90. The maximum atomic E-state index is 13.6. The minimum Gasteiger partial charge on any atom is -0.473 e. The SMILES string of the molecule is Cc1ccc(-n2nccn2)c(C(=O)N2CCN(c3ncc4c(n3)OCC=C4)CC[C@H]2C)c1. The zero-order valence-electron chi connectivity index (χ0n) is 18.2. The molecule has 1 atom stereocenters. The lowest BCUT2D eigenvalue weighted by atomic mass is 10.1. The summed E-state index contributed by atoms with van der Waals surface area (Å²) in [6.45, 7) is 6.57. The zero-order valence-corrected chi connectivity index (χ0v) is 18.2. The first-order chi connectivity index (χ1) is 15.6. The number of aromatic nitrogens is 5. The summed E-state index contributed by atoms with van der Waals surface area (Å²) < 4.78 is 5.64. The minimum absolute atomic E-state index is 0.0184. The van der Waals surface area contributed by atoms with Gasteiger partial charge in [0, 0.05) is 31.9 Å². The van der Waals surface area contributed by atoms with E-state index in [1.165, 1.54) is 4.80 Å². The Morgan fingerprint density at radius 2 is 2.00 bits per heavy atom. The number of hydrogen-bond donors (Lipinski definition) is 0. The molecule has 3 aromatic rings. The first-order valence-corrected chi connectivity index (χ1v) is 10.8. The van der Waals surface area contributed by atoms with Gasteiger partial charge in [0.2, 0.25) is 11.8 Å². The number of hydrogen-bond acceptors (Lipinski definition) is 7. The molecule has 0 N–H and O–H groups in total. The zero-order chi connectivity index (χ0) is 22.1. The van der Waals surface area contributed by atoms with E-state index in [1.807, 2.05) is 42.2 Å². The fourth-order valence-corrected chi connectivity index (χ4v) is 4.10. The van der Waals surface area contributed by atoms with Gasteiger partial charge >= 0.3 is 0 Å². The Morgan fingerprint density at radius 3 is 2.84 bits per heavy atom. The molecule has 1 fully saturated rings. The lowest BCUT2D eigenvalue weighted by molar-refractivity contribution is 0.0704. The van der Waals surface area contributed by atoms with Crippen LogP contribution in [0.3, 0.4) is 0 Å². The summed E-state index contributed by atoms with van der Waals surface area (Å²) in [5.74, 6) is 1.23. The number of ether oxygens (including phenoxy) is 1. The molecule has 0 aliphatic carbocycles. The summed E-state index contributed by atoms with van der Waals surface area (Å²) in [5, 5.41) is 8.44. The number of carbonyl (C=O) groups is 1. The maximum absolute atomic E-state index is 13.6. The average Bonchev–Trinajstić information content (AvgIpc) is 3.28. The molecular formula is C23H25N7O2. The molecular weight excluding hydrogens is 406 g/mol. The van der Waals surface area contributed by atoms with Gasteiger partial charge in [0.25, 0.3) is 5.91 Å². The van der Waals surface area contributed by atoms with Gasteiger partial charge in [-0.25, -0.2) is 4.98 Å². The van der Waals surface area contributed by atoms with Gasteiger partial charge in [-0.2, -0.15) is 20.0 Å². The van der Waals surface area contributed by atoms with Crippen molar-refractivity contribution in [2.24, 2.45) is 0 Å². The van der Waals surface area contributed by atoms with Crippen LogP contribution in [-0.2, 0) is 0 Å². The Kier molecular flexibility index (Phi) is 5.30. The van der Waals surface area contributed by atoms with Gasteiger partial charge in [-0.15, -0.1) is 0 Å². The number of benzene rings is 1. The highest BCUT2D eigenvalue weighted by molar-refractivity contribution is 5.98. The Labute approximate surface area is 186 Å². The van der Waals surface area contributed by atoms with Crippen LogP contribution >= 0.6 is 0 Å². The van der Waals surface area contributed by atoms with E-state index in [4.69, 9.17) is 4.74 Å². The molecule has 0 unspecified atom stereocenters. The Morgan fingerprint density at radius 1 is 1.16 bits per heavy atom. The van der Waals surface area contributed by atoms with E-state index >= 15 is 0 Å². The summed E-state index contributed by atoms with van der Waals surface area (Å²) in [5.41, 5.74) is 3.19.